The first-order chi connectivity index (χ1) is 10.8. The molecule has 0 unspecified atom stereocenters. The molecule has 0 amide bonds. The Balaban J connectivity index is 2.14. The van der Waals surface area contributed by atoms with E-state index in [0.717, 1.165) is 35.0 Å². The Morgan fingerprint density at radius 3 is 2.65 bits per heavy atom. The van der Waals surface area contributed by atoms with Gasteiger partial charge in [0, 0.05) is 18.9 Å². The van der Waals surface area contributed by atoms with Crippen molar-refractivity contribution in [3.8, 4) is 5.75 Å². The van der Waals surface area contributed by atoms with Gasteiger partial charge >= 0.3 is 5.69 Å². The molecule has 2 aromatic rings. The highest BCUT2D eigenvalue weighted by Gasteiger charge is 2.23. The maximum atomic E-state index is 11.5. The first-order valence-corrected chi connectivity index (χ1v) is 9.37. The normalized spacial score (nSPS) is 11.2. The number of hydrogen-bond donors (Lipinski definition) is 1. The number of nitrogens with zero attached hydrogens (tertiary/aromatic N) is 1. The topological polar surface area (TPSA) is 98.5 Å². The fourth-order valence-electron chi connectivity index (χ4n) is 2.02. The molecule has 1 aromatic carbocycles. The molecule has 0 aliphatic rings. The summed E-state index contributed by atoms with van der Waals surface area (Å²) in [6.07, 6.45) is 1.62. The molecule has 0 aliphatic carbocycles. The van der Waals surface area contributed by atoms with E-state index in [1.54, 1.807) is 7.11 Å². The summed E-state index contributed by atoms with van der Waals surface area (Å²) in [5.41, 5.74) is 0.737. The smallest absolute Gasteiger partial charge is 0.304 e. The Bertz CT molecular complexity index is 814. The van der Waals surface area contributed by atoms with Crippen LogP contribution in [0.25, 0.3) is 0 Å². The predicted octanol–water partition coefficient (Wildman–Crippen LogP) is 2.72. The molecule has 23 heavy (non-hydrogen) atoms. The van der Waals surface area contributed by atoms with E-state index in [2.05, 4.69) is 5.32 Å². The number of methoxy groups -OCH3 is 1. The summed E-state index contributed by atoms with van der Waals surface area (Å²) >= 11 is 0.868. The van der Waals surface area contributed by atoms with Crippen LogP contribution in [0.5, 0.6) is 5.75 Å². The number of rotatable bonds is 7. The van der Waals surface area contributed by atoms with Crippen LogP contribution in [-0.4, -0.2) is 33.3 Å². The second-order valence-corrected chi connectivity index (χ2v) is 8.09. The minimum Gasteiger partial charge on any atom is -0.496 e. The van der Waals surface area contributed by atoms with Crippen molar-refractivity contribution in [2.45, 2.75) is 10.6 Å². The van der Waals surface area contributed by atoms with Crippen LogP contribution in [0.1, 0.15) is 5.56 Å². The van der Waals surface area contributed by atoms with Crippen LogP contribution >= 0.6 is 11.3 Å². The number of benzene rings is 1. The van der Waals surface area contributed by atoms with Gasteiger partial charge in [0.1, 0.15) is 9.96 Å². The Morgan fingerprint density at radius 1 is 1.35 bits per heavy atom. The third-order valence-corrected chi connectivity index (χ3v) is 6.01. The van der Waals surface area contributed by atoms with Gasteiger partial charge in [-0.25, -0.2) is 8.42 Å². The Labute approximate surface area is 138 Å². The average molecular weight is 356 g/mol. The molecule has 0 radical (unpaired) electrons. The minimum atomic E-state index is -3.47. The van der Waals surface area contributed by atoms with Crippen LogP contribution in [0.4, 0.5) is 10.7 Å². The van der Waals surface area contributed by atoms with Gasteiger partial charge in [0.15, 0.2) is 14.8 Å². The average Bonchev–Trinajstić information content (AvgIpc) is 2.92. The number of para-hydroxylation sites is 1. The van der Waals surface area contributed by atoms with Crippen LogP contribution in [0.3, 0.4) is 0 Å². The summed E-state index contributed by atoms with van der Waals surface area (Å²) in [4.78, 5) is 10.5. The van der Waals surface area contributed by atoms with Crippen LogP contribution < -0.4 is 10.1 Å². The van der Waals surface area contributed by atoms with Gasteiger partial charge in [-0.3, -0.25) is 10.1 Å². The molecule has 0 bridgehead atoms. The molecule has 0 spiro atoms. The van der Waals surface area contributed by atoms with E-state index in [9.17, 15) is 18.5 Å². The van der Waals surface area contributed by atoms with Crippen LogP contribution in [-0.2, 0) is 16.3 Å². The minimum absolute atomic E-state index is 0.0241. The lowest BCUT2D eigenvalue weighted by Crippen LogP contribution is -2.06. The van der Waals surface area contributed by atoms with Crippen molar-refractivity contribution in [3.05, 3.63) is 46.0 Å². The van der Waals surface area contributed by atoms with Gasteiger partial charge in [0.2, 0.25) is 0 Å². The van der Waals surface area contributed by atoms with Gasteiger partial charge in [0.05, 0.1) is 12.0 Å². The van der Waals surface area contributed by atoms with Gasteiger partial charge in [0.25, 0.3) is 0 Å². The van der Waals surface area contributed by atoms with Gasteiger partial charge in [-0.2, -0.15) is 0 Å². The van der Waals surface area contributed by atoms with Gasteiger partial charge in [-0.05, 0) is 18.1 Å². The molecule has 1 aromatic heterocycles. The summed E-state index contributed by atoms with van der Waals surface area (Å²) in [6, 6.07) is 8.58. The summed E-state index contributed by atoms with van der Waals surface area (Å²) in [5, 5.41) is 14.2. The number of thiophene rings is 1. The first kappa shape index (κ1) is 17.2. The van der Waals surface area contributed by atoms with Gasteiger partial charge in [-0.1, -0.05) is 29.5 Å². The molecule has 0 fully saturated rings. The summed E-state index contributed by atoms with van der Waals surface area (Å²) in [7, 11) is -1.89. The SMILES string of the molecule is COc1ccccc1CCNc1sc(S(C)(=O)=O)cc1[N+](=O)[O-]. The van der Waals surface area contributed by atoms with E-state index in [4.69, 9.17) is 4.74 Å². The fourth-order valence-corrected chi connectivity index (χ4v) is 3.99. The highest BCUT2D eigenvalue weighted by Crippen LogP contribution is 2.37. The van der Waals surface area contributed by atoms with Crippen molar-refractivity contribution in [3.63, 3.8) is 0 Å². The zero-order valence-electron chi connectivity index (χ0n) is 12.6. The third kappa shape index (κ3) is 4.20. The summed E-state index contributed by atoms with van der Waals surface area (Å²) < 4.78 is 28.3. The molecule has 0 atom stereocenters. The van der Waals surface area contributed by atoms with E-state index in [0.29, 0.717) is 13.0 Å². The van der Waals surface area contributed by atoms with Crippen molar-refractivity contribution < 1.29 is 18.1 Å². The largest absolute Gasteiger partial charge is 0.496 e. The molecular weight excluding hydrogens is 340 g/mol. The third-order valence-electron chi connectivity index (χ3n) is 3.12. The molecule has 2 rings (SSSR count). The van der Waals surface area contributed by atoms with Gasteiger partial charge < -0.3 is 10.1 Å². The lowest BCUT2D eigenvalue weighted by atomic mass is 10.1. The standard InChI is InChI=1S/C14H16N2O5S2/c1-21-12-6-4-3-5-10(12)7-8-15-14-11(16(17)18)9-13(22-14)23(2,19)20/h3-6,9,15H,7-8H2,1-2H3. The Kier molecular flexibility index (Phi) is 5.22. The highest BCUT2D eigenvalue weighted by molar-refractivity contribution is 7.92. The number of ether oxygens (including phenoxy) is 1. The molecule has 7 nitrogen and oxygen atoms in total. The predicted molar refractivity (Wildman–Crippen MR) is 89.3 cm³/mol. The fraction of sp³-hybridized carbons (Fsp3) is 0.286. The first-order valence-electron chi connectivity index (χ1n) is 6.67. The molecule has 1 N–H and O–H groups in total. The summed E-state index contributed by atoms with van der Waals surface area (Å²) in [6.45, 7) is 0.422. The second kappa shape index (κ2) is 6.97. The lowest BCUT2D eigenvalue weighted by Gasteiger charge is -2.08. The Morgan fingerprint density at radius 2 is 2.04 bits per heavy atom. The van der Waals surface area contributed by atoms with Crippen molar-refractivity contribution in [1.82, 2.24) is 0 Å². The van der Waals surface area contributed by atoms with Crippen molar-refractivity contribution in [2.75, 3.05) is 25.2 Å². The monoisotopic (exact) mass is 356 g/mol. The Hall–Kier alpha value is -2.13. The number of sulfone groups is 1. The zero-order chi connectivity index (χ0) is 17.0. The number of anilines is 1. The van der Waals surface area contributed by atoms with Gasteiger partial charge in [-0.15, -0.1) is 0 Å². The number of nitrogens with one attached hydrogen (secondary N) is 1. The lowest BCUT2D eigenvalue weighted by molar-refractivity contribution is -0.383. The highest BCUT2D eigenvalue weighted by atomic mass is 32.2. The van der Waals surface area contributed by atoms with E-state index in [1.165, 1.54) is 0 Å². The molecule has 1 heterocycles. The number of nitro groups is 1. The molecule has 124 valence electrons. The van der Waals surface area contributed by atoms with E-state index < -0.39 is 14.8 Å². The molecule has 0 saturated heterocycles. The van der Waals surface area contributed by atoms with E-state index >= 15 is 0 Å². The quantitative estimate of drug-likeness (QED) is 0.605. The zero-order valence-corrected chi connectivity index (χ0v) is 14.2. The molecule has 0 saturated carbocycles. The van der Waals surface area contributed by atoms with E-state index in [-0.39, 0.29) is 14.9 Å². The van der Waals surface area contributed by atoms with Crippen molar-refractivity contribution >= 4 is 31.9 Å². The van der Waals surface area contributed by atoms with Crippen molar-refractivity contribution in [2.24, 2.45) is 0 Å². The molecular formula is C14H16N2O5S2. The van der Waals surface area contributed by atoms with Crippen LogP contribution in [0.2, 0.25) is 0 Å². The second-order valence-electron chi connectivity index (χ2n) is 4.80. The summed E-state index contributed by atoms with van der Waals surface area (Å²) in [5.74, 6) is 0.742. The maximum absolute atomic E-state index is 11.5. The van der Waals surface area contributed by atoms with Crippen LogP contribution in [0, 0.1) is 10.1 Å². The van der Waals surface area contributed by atoms with Crippen molar-refractivity contribution in [1.29, 1.82) is 0 Å². The van der Waals surface area contributed by atoms with E-state index in [1.807, 2.05) is 24.3 Å². The number of hydrogen-bond acceptors (Lipinski definition) is 7. The maximum Gasteiger partial charge on any atom is 0.304 e. The molecule has 0 aliphatic heterocycles. The van der Waals surface area contributed by atoms with Crippen LogP contribution in [0.15, 0.2) is 34.5 Å². The molecule has 9 heteroatoms.